The van der Waals surface area contributed by atoms with Crippen molar-refractivity contribution in [2.24, 2.45) is 23.5 Å². The third-order valence-corrected chi connectivity index (χ3v) is 9.51. The molecule has 14 heteroatoms. The maximum Gasteiger partial charge on any atom is 0.229 e. The number of benzene rings is 1. The number of amides is 1. The minimum Gasteiger partial charge on any atom is -0.369 e. The molecule has 10 nitrogen and oxygen atoms in total. The SMILES string of the molecule is CCS(=O)(=O)N1CCN(c2ccc(Nc3ncc(F)c(N[C@@H]4[C@@H](C(N)=O)[C@@H]5C=C[C@H]4C5)n3)cc2C)CC1.Cl.Cl. The molecule has 39 heavy (non-hydrogen) atoms. The molecule has 214 valence electrons. The van der Waals surface area contributed by atoms with E-state index in [4.69, 9.17) is 5.73 Å². The van der Waals surface area contributed by atoms with E-state index in [9.17, 15) is 17.6 Å². The average Bonchev–Trinajstić information content (AvgIpc) is 3.48. The largest absolute Gasteiger partial charge is 0.369 e. The second-order valence-electron chi connectivity index (χ2n) is 9.85. The van der Waals surface area contributed by atoms with Crippen LogP contribution in [0, 0.1) is 30.5 Å². The summed E-state index contributed by atoms with van der Waals surface area (Å²) in [7, 11) is -3.18. The van der Waals surface area contributed by atoms with E-state index >= 15 is 0 Å². The number of nitrogens with two attached hydrogens (primary N) is 1. The summed E-state index contributed by atoms with van der Waals surface area (Å²) in [6.07, 6.45) is 5.98. The van der Waals surface area contributed by atoms with Gasteiger partial charge in [0.1, 0.15) is 0 Å². The van der Waals surface area contributed by atoms with Crippen molar-refractivity contribution in [1.82, 2.24) is 14.3 Å². The minimum absolute atomic E-state index is 0. The monoisotopic (exact) mass is 601 g/mol. The van der Waals surface area contributed by atoms with Gasteiger partial charge in [-0.3, -0.25) is 4.79 Å². The number of piperazine rings is 1. The van der Waals surface area contributed by atoms with E-state index in [1.165, 1.54) is 0 Å². The molecular formula is C25H34Cl2FN7O3S. The number of nitrogens with one attached hydrogen (secondary N) is 2. The molecule has 1 aromatic heterocycles. The Hall–Kier alpha value is -2.67. The molecule has 2 aliphatic carbocycles. The third-order valence-electron chi connectivity index (χ3n) is 7.63. The first-order chi connectivity index (χ1) is 17.7. The van der Waals surface area contributed by atoms with E-state index in [0.717, 1.165) is 29.6 Å². The molecule has 2 heterocycles. The number of sulfonamides is 1. The second kappa shape index (κ2) is 12.2. The maximum absolute atomic E-state index is 14.6. The average molecular weight is 603 g/mol. The highest BCUT2D eigenvalue weighted by Crippen LogP contribution is 2.45. The summed E-state index contributed by atoms with van der Waals surface area (Å²) in [6.45, 7) is 5.81. The number of fused-ring (bicyclic) bond motifs is 2. The van der Waals surface area contributed by atoms with E-state index in [-0.39, 0.29) is 60.2 Å². The molecule has 0 radical (unpaired) electrons. The van der Waals surface area contributed by atoms with Crippen molar-refractivity contribution < 1.29 is 17.6 Å². The Morgan fingerprint density at radius 2 is 1.85 bits per heavy atom. The molecule has 2 fully saturated rings. The molecule has 4 N–H and O–H groups in total. The number of allylic oxidation sites excluding steroid dienone is 1. The van der Waals surface area contributed by atoms with Gasteiger partial charge in [0.05, 0.1) is 17.9 Å². The number of nitrogens with zero attached hydrogens (tertiary/aromatic N) is 4. The second-order valence-corrected chi connectivity index (χ2v) is 12.1. The number of carbonyl (C=O) groups excluding carboxylic acids is 1. The lowest BCUT2D eigenvalue weighted by molar-refractivity contribution is -0.122. The van der Waals surface area contributed by atoms with Gasteiger partial charge in [0, 0.05) is 43.6 Å². The lowest BCUT2D eigenvalue weighted by atomic mass is 9.88. The molecule has 5 rings (SSSR count). The van der Waals surface area contributed by atoms with Gasteiger partial charge in [0.15, 0.2) is 11.6 Å². The first kappa shape index (κ1) is 30.9. The molecule has 1 aliphatic heterocycles. The Labute approximate surface area is 240 Å². The van der Waals surface area contributed by atoms with Gasteiger partial charge in [-0.05, 0) is 55.9 Å². The summed E-state index contributed by atoms with van der Waals surface area (Å²) >= 11 is 0. The Kier molecular flexibility index (Phi) is 9.69. The highest BCUT2D eigenvalue weighted by molar-refractivity contribution is 7.89. The van der Waals surface area contributed by atoms with Gasteiger partial charge < -0.3 is 21.3 Å². The third kappa shape index (κ3) is 6.24. The first-order valence-electron chi connectivity index (χ1n) is 12.5. The smallest absolute Gasteiger partial charge is 0.229 e. The van der Waals surface area contributed by atoms with Gasteiger partial charge in [-0.15, -0.1) is 24.8 Å². The molecule has 1 saturated carbocycles. The fraction of sp³-hybridized carbons (Fsp3) is 0.480. The summed E-state index contributed by atoms with van der Waals surface area (Å²) in [6, 6.07) is 5.51. The minimum atomic E-state index is -3.18. The number of aromatic nitrogens is 2. The zero-order valence-electron chi connectivity index (χ0n) is 21.7. The van der Waals surface area contributed by atoms with Crippen molar-refractivity contribution in [1.29, 1.82) is 0 Å². The van der Waals surface area contributed by atoms with Gasteiger partial charge in [0.25, 0.3) is 0 Å². The molecule has 1 amide bonds. The van der Waals surface area contributed by atoms with Crippen LogP contribution in [0.25, 0.3) is 0 Å². The molecule has 2 aromatic rings. The normalized spacial score (nSPS) is 24.1. The number of rotatable bonds is 8. The van der Waals surface area contributed by atoms with E-state index in [1.54, 1.807) is 11.2 Å². The molecular weight excluding hydrogens is 568 g/mol. The zero-order chi connectivity index (χ0) is 26.3. The predicted molar refractivity (Wildman–Crippen MR) is 155 cm³/mol. The highest BCUT2D eigenvalue weighted by Gasteiger charge is 2.47. The van der Waals surface area contributed by atoms with Crippen LogP contribution in [0.1, 0.15) is 18.9 Å². The Morgan fingerprint density at radius 3 is 2.49 bits per heavy atom. The van der Waals surface area contributed by atoms with Crippen LogP contribution in [0.2, 0.25) is 0 Å². The number of halogens is 3. The number of hydrogen-bond donors (Lipinski definition) is 3. The predicted octanol–water partition coefficient (Wildman–Crippen LogP) is 3.07. The van der Waals surface area contributed by atoms with E-state index < -0.39 is 27.7 Å². The van der Waals surface area contributed by atoms with Gasteiger partial charge in [-0.25, -0.2) is 17.8 Å². The first-order valence-corrected chi connectivity index (χ1v) is 14.1. The van der Waals surface area contributed by atoms with Crippen molar-refractivity contribution in [2.45, 2.75) is 26.3 Å². The van der Waals surface area contributed by atoms with Crippen molar-refractivity contribution in [3.05, 3.63) is 47.9 Å². The summed E-state index contributed by atoms with van der Waals surface area (Å²) in [5.41, 5.74) is 8.41. The van der Waals surface area contributed by atoms with Crippen LogP contribution < -0.4 is 21.3 Å². The number of aryl methyl sites for hydroxylation is 1. The van der Waals surface area contributed by atoms with Gasteiger partial charge in [0.2, 0.25) is 21.9 Å². The molecule has 4 atom stereocenters. The number of primary amides is 1. The summed E-state index contributed by atoms with van der Waals surface area (Å²) in [5, 5.41) is 6.24. The molecule has 1 aromatic carbocycles. The zero-order valence-corrected chi connectivity index (χ0v) is 24.2. The maximum atomic E-state index is 14.6. The standard InChI is InChI=1S/C25H32FN7O3S.2ClH/c1-3-37(35,36)33-10-8-32(9-11-33)20-7-6-18(12-15(20)2)29-25-28-14-19(26)24(31-25)30-22-17-5-4-16(13-17)21(22)23(27)34;;/h4-7,12,14,16-17,21-22H,3,8-11,13H2,1-2H3,(H2,27,34)(H2,28,29,30,31);2*1H/t16-,17+,21+,22+;;/m1../s1. The van der Waals surface area contributed by atoms with Crippen molar-refractivity contribution in [2.75, 3.05) is 47.5 Å². The lowest BCUT2D eigenvalue weighted by Crippen LogP contribution is -2.49. The molecule has 3 aliphatic rings. The Balaban J connectivity index is 0.00000210. The van der Waals surface area contributed by atoms with E-state index in [2.05, 4.69) is 25.5 Å². The van der Waals surface area contributed by atoms with E-state index in [0.29, 0.717) is 26.2 Å². The van der Waals surface area contributed by atoms with Crippen molar-refractivity contribution in [3.63, 3.8) is 0 Å². The van der Waals surface area contributed by atoms with Crippen LogP contribution in [0.5, 0.6) is 0 Å². The van der Waals surface area contributed by atoms with Crippen LogP contribution in [0.15, 0.2) is 36.5 Å². The van der Waals surface area contributed by atoms with Crippen molar-refractivity contribution >= 4 is 63.9 Å². The number of carbonyl (C=O) groups is 1. The molecule has 0 unspecified atom stereocenters. The van der Waals surface area contributed by atoms with Crippen LogP contribution in [-0.2, 0) is 14.8 Å². The van der Waals surface area contributed by atoms with Gasteiger partial charge >= 0.3 is 0 Å². The van der Waals surface area contributed by atoms with Crippen molar-refractivity contribution in [3.8, 4) is 0 Å². The molecule has 2 bridgehead atoms. The van der Waals surface area contributed by atoms with Gasteiger partial charge in [-0.2, -0.15) is 9.29 Å². The summed E-state index contributed by atoms with van der Waals surface area (Å²) in [4.78, 5) is 22.6. The molecule has 1 saturated heterocycles. The Bertz CT molecular complexity index is 1340. The van der Waals surface area contributed by atoms with Crippen LogP contribution in [0.4, 0.5) is 27.5 Å². The highest BCUT2D eigenvalue weighted by atomic mass is 35.5. The summed E-state index contributed by atoms with van der Waals surface area (Å²) in [5.74, 6) is -0.857. The summed E-state index contributed by atoms with van der Waals surface area (Å²) < 4.78 is 40.4. The van der Waals surface area contributed by atoms with Gasteiger partial charge in [-0.1, -0.05) is 12.2 Å². The Morgan fingerprint density at radius 1 is 1.15 bits per heavy atom. The van der Waals surface area contributed by atoms with Crippen LogP contribution >= 0.6 is 24.8 Å². The fourth-order valence-electron chi connectivity index (χ4n) is 5.70. The van der Waals surface area contributed by atoms with E-state index in [1.807, 2.05) is 37.3 Å². The van der Waals surface area contributed by atoms with Crippen LogP contribution in [-0.4, -0.2) is 66.6 Å². The number of hydrogen-bond acceptors (Lipinski definition) is 8. The molecule has 0 spiro atoms. The fourth-order valence-corrected chi connectivity index (χ4v) is 6.78. The number of anilines is 4. The topological polar surface area (TPSA) is 134 Å². The quantitative estimate of drug-likeness (QED) is 0.393. The lowest BCUT2D eigenvalue weighted by Gasteiger charge is -2.36. The van der Waals surface area contributed by atoms with Crippen LogP contribution in [0.3, 0.4) is 0 Å².